The van der Waals surface area contributed by atoms with Crippen molar-refractivity contribution in [3.8, 4) is 0 Å². The number of nitrogens with zero attached hydrogens (tertiary/aromatic N) is 1. The Morgan fingerprint density at radius 1 is 1.67 bits per heavy atom. The molecule has 1 heterocycles. The molecule has 0 bridgehead atoms. The second kappa shape index (κ2) is 4.39. The maximum absolute atomic E-state index is 11.7. The number of rotatable bonds is 4. The molecule has 0 saturated carbocycles. The number of hydrogen-bond donors (Lipinski definition) is 3. The lowest BCUT2D eigenvalue weighted by Crippen LogP contribution is -2.67. The second-order valence-electron chi connectivity index (χ2n) is 3.67. The molecule has 0 aromatic carbocycles. The number of hydrogen-bond acceptors (Lipinski definition) is 3. The molecule has 1 aliphatic heterocycles. The number of amides is 2. The zero-order valence-electron chi connectivity index (χ0n) is 9.09. The molecule has 6 nitrogen and oxygen atoms in total. The highest BCUT2D eigenvalue weighted by molar-refractivity contribution is 6.11. The molecular formula is C9H17N4O2+. The summed E-state index contributed by atoms with van der Waals surface area (Å²) in [6.45, 7) is 3.73. The van der Waals surface area contributed by atoms with Crippen molar-refractivity contribution in [1.29, 1.82) is 0 Å². The first-order valence-electron chi connectivity index (χ1n) is 4.98. The Labute approximate surface area is 88.3 Å². The normalized spacial score (nSPS) is 24.7. The van der Waals surface area contributed by atoms with Crippen molar-refractivity contribution >= 4 is 17.5 Å². The van der Waals surface area contributed by atoms with E-state index < -0.39 is 5.41 Å². The van der Waals surface area contributed by atoms with Crippen molar-refractivity contribution < 1.29 is 15.4 Å². The summed E-state index contributed by atoms with van der Waals surface area (Å²) in [7, 11) is 0. The van der Waals surface area contributed by atoms with Crippen LogP contribution in [-0.4, -0.2) is 17.5 Å². The summed E-state index contributed by atoms with van der Waals surface area (Å²) >= 11 is 0. The van der Waals surface area contributed by atoms with Crippen LogP contribution in [0.25, 0.3) is 0 Å². The Bertz CT molecular complexity index is 313. The van der Waals surface area contributed by atoms with Crippen LogP contribution in [0.3, 0.4) is 0 Å². The number of hydrazone groups is 1. The van der Waals surface area contributed by atoms with Crippen LogP contribution in [-0.2, 0) is 9.59 Å². The fourth-order valence-electron chi connectivity index (χ4n) is 1.82. The zero-order valence-corrected chi connectivity index (χ0v) is 9.09. The van der Waals surface area contributed by atoms with Crippen LogP contribution in [0, 0.1) is 5.41 Å². The molecule has 1 rings (SSSR count). The third-order valence-corrected chi connectivity index (χ3v) is 3.03. The number of nitrogens with one attached hydrogen (secondary N) is 2. The van der Waals surface area contributed by atoms with E-state index in [0.717, 1.165) is 5.71 Å². The van der Waals surface area contributed by atoms with Gasteiger partial charge in [0.25, 0.3) is 11.8 Å². The van der Waals surface area contributed by atoms with E-state index >= 15 is 0 Å². The van der Waals surface area contributed by atoms with Crippen molar-refractivity contribution in [1.82, 2.24) is 10.9 Å². The van der Waals surface area contributed by atoms with Crippen LogP contribution >= 0.6 is 0 Å². The second-order valence-corrected chi connectivity index (χ2v) is 3.67. The third kappa shape index (κ3) is 1.99. The first-order chi connectivity index (χ1) is 7.06. The van der Waals surface area contributed by atoms with E-state index in [2.05, 4.69) is 21.8 Å². The first kappa shape index (κ1) is 11.6. The van der Waals surface area contributed by atoms with Gasteiger partial charge in [0.2, 0.25) is 0 Å². The molecule has 0 fully saturated rings. The largest absolute Gasteiger partial charge is 0.272 e. The van der Waals surface area contributed by atoms with Gasteiger partial charge in [-0.2, -0.15) is 5.10 Å². The molecule has 0 spiro atoms. The van der Waals surface area contributed by atoms with Crippen molar-refractivity contribution in [3.63, 3.8) is 0 Å². The minimum atomic E-state index is -0.605. The molecule has 0 aliphatic carbocycles. The molecule has 15 heavy (non-hydrogen) atoms. The van der Waals surface area contributed by atoms with Gasteiger partial charge in [0.15, 0.2) is 0 Å². The van der Waals surface area contributed by atoms with Crippen LogP contribution in [0.5, 0.6) is 0 Å². The van der Waals surface area contributed by atoms with Gasteiger partial charge >= 0.3 is 0 Å². The number of carbonyl (C=O) groups excluding carboxylic acids is 2. The maximum atomic E-state index is 11.7. The Morgan fingerprint density at radius 3 is 2.73 bits per heavy atom. The standard InChI is InChI=1S/C9H16N4O2/c1-3-9(5-4-7(14)11-10)6(2)12-13-8(9)15/h3-5,10H2,1-2H3,(H,11,14)(H,13,15)/p+1. The molecule has 1 atom stereocenters. The minimum Gasteiger partial charge on any atom is -0.272 e. The highest BCUT2D eigenvalue weighted by Crippen LogP contribution is 2.33. The molecule has 1 aliphatic rings. The summed E-state index contributed by atoms with van der Waals surface area (Å²) in [5.41, 5.74) is 4.91. The van der Waals surface area contributed by atoms with E-state index in [1.54, 1.807) is 0 Å². The van der Waals surface area contributed by atoms with E-state index in [4.69, 9.17) is 0 Å². The number of quaternary nitrogens is 1. The average molecular weight is 213 g/mol. The monoisotopic (exact) mass is 213 g/mol. The molecule has 84 valence electrons. The Balaban J connectivity index is 2.73. The van der Waals surface area contributed by atoms with Gasteiger partial charge in [-0.05, 0) is 19.8 Å². The molecule has 5 N–H and O–H groups in total. The van der Waals surface area contributed by atoms with Crippen LogP contribution in [0.1, 0.15) is 33.1 Å². The summed E-state index contributed by atoms with van der Waals surface area (Å²) < 4.78 is 0. The zero-order chi connectivity index (χ0) is 11.5. The van der Waals surface area contributed by atoms with E-state index in [0.29, 0.717) is 12.8 Å². The lowest BCUT2D eigenvalue weighted by Gasteiger charge is -2.24. The molecule has 2 amide bonds. The van der Waals surface area contributed by atoms with Gasteiger partial charge in [0.05, 0.1) is 11.1 Å². The van der Waals surface area contributed by atoms with E-state index in [9.17, 15) is 9.59 Å². The van der Waals surface area contributed by atoms with Crippen LogP contribution in [0.15, 0.2) is 5.10 Å². The van der Waals surface area contributed by atoms with E-state index in [1.807, 2.05) is 13.8 Å². The van der Waals surface area contributed by atoms with Gasteiger partial charge in [-0.1, -0.05) is 6.92 Å². The summed E-state index contributed by atoms with van der Waals surface area (Å²) in [6, 6.07) is 0. The predicted octanol–water partition coefficient (Wildman–Crippen LogP) is -1.06. The third-order valence-electron chi connectivity index (χ3n) is 3.03. The summed E-state index contributed by atoms with van der Waals surface area (Å²) in [5, 5.41) is 3.92. The number of carbonyl (C=O) groups is 2. The molecule has 1 unspecified atom stereocenters. The van der Waals surface area contributed by atoms with Gasteiger partial charge in [0.1, 0.15) is 0 Å². The summed E-state index contributed by atoms with van der Waals surface area (Å²) in [5.74, 6) is 3.02. The van der Waals surface area contributed by atoms with Crippen LogP contribution < -0.4 is 16.7 Å². The van der Waals surface area contributed by atoms with Crippen molar-refractivity contribution in [2.75, 3.05) is 0 Å². The Hall–Kier alpha value is -1.43. The summed E-state index contributed by atoms with van der Waals surface area (Å²) in [6.07, 6.45) is 1.42. The molecule has 0 saturated heterocycles. The smallest absolute Gasteiger partial charge is 0.264 e. The quantitative estimate of drug-likeness (QED) is 0.519. The van der Waals surface area contributed by atoms with Gasteiger partial charge in [0, 0.05) is 6.42 Å². The molecule has 6 heteroatoms. The highest BCUT2D eigenvalue weighted by atomic mass is 16.2. The van der Waals surface area contributed by atoms with Gasteiger partial charge in [-0.25, -0.2) is 10.9 Å². The highest BCUT2D eigenvalue weighted by Gasteiger charge is 2.43. The topological polar surface area (TPSA) is 98.2 Å². The van der Waals surface area contributed by atoms with Crippen LogP contribution in [0.4, 0.5) is 0 Å². The van der Waals surface area contributed by atoms with Gasteiger partial charge < -0.3 is 0 Å². The average Bonchev–Trinajstić information content (AvgIpc) is 2.53. The Morgan fingerprint density at radius 2 is 2.33 bits per heavy atom. The predicted molar refractivity (Wildman–Crippen MR) is 54.2 cm³/mol. The van der Waals surface area contributed by atoms with Crippen molar-refractivity contribution in [3.05, 3.63) is 0 Å². The van der Waals surface area contributed by atoms with E-state index in [-0.39, 0.29) is 18.2 Å². The van der Waals surface area contributed by atoms with E-state index in [1.165, 1.54) is 0 Å². The molecular weight excluding hydrogens is 196 g/mol. The molecule has 0 aromatic rings. The van der Waals surface area contributed by atoms with Crippen molar-refractivity contribution in [2.45, 2.75) is 33.1 Å². The van der Waals surface area contributed by atoms with Crippen LogP contribution in [0.2, 0.25) is 0 Å². The van der Waals surface area contributed by atoms with Gasteiger partial charge in [-0.15, -0.1) is 0 Å². The lowest BCUT2D eigenvalue weighted by molar-refractivity contribution is -0.427. The Kier molecular flexibility index (Phi) is 3.41. The lowest BCUT2D eigenvalue weighted by atomic mass is 9.77. The fraction of sp³-hybridized carbons (Fsp3) is 0.667. The maximum Gasteiger partial charge on any atom is 0.264 e. The molecule has 0 aromatic heterocycles. The summed E-state index contributed by atoms with van der Waals surface area (Å²) in [4.78, 5) is 22.8. The fourth-order valence-corrected chi connectivity index (χ4v) is 1.82. The first-order valence-corrected chi connectivity index (χ1v) is 4.98. The minimum absolute atomic E-state index is 0.112. The van der Waals surface area contributed by atoms with Crippen molar-refractivity contribution in [2.24, 2.45) is 10.5 Å². The SMILES string of the molecule is CCC1(CCC(=O)N[NH3+])C(=O)NN=C1C. The van der Waals surface area contributed by atoms with Gasteiger partial charge in [-0.3, -0.25) is 15.4 Å². The molecule has 0 radical (unpaired) electrons.